The molecule has 1 heterocycles. The monoisotopic (exact) mass is 258 g/mol. The number of aromatic amines is 1. The van der Waals surface area contributed by atoms with Crippen molar-refractivity contribution in [2.75, 3.05) is 6.61 Å². The summed E-state index contributed by atoms with van der Waals surface area (Å²) in [4.78, 5) is 3.21. The van der Waals surface area contributed by atoms with E-state index in [0.717, 1.165) is 19.4 Å². The predicted molar refractivity (Wildman–Crippen MR) is 78.0 cm³/mol. The molecule has 1 aliphatic carbocycles. The molecule has 1 fully saturated rings. The summed E-state index contributed by atoms with van der Waals surface area (Å²) in [6.45, 7) is 1.08. The third-order valence-corrected chi connectivity index (χ3v) is 4.40. The minimum atomic E-state index is -0.0502. The van der Waals surface area contributed by atoms with Gasteiger partial charge in [0.1, 0.15) is 0 Å². The number of aliphatic hydroxyl groups is 1. The molecule has 3 nitrogen and oxygen atoms in total. The number of nitrogens with one attached hydrogen (secondary N) is 2. The van der Waals surface area contributed by atoms with Crippen LogP contribution in [0.4, 0.5) is 0 Å². The number of aliphatic hydroxyl groups excluding tert-OH is 1. The van der Waals surface area contributed by atoms with E-state index in [1.807, 2.05) is 6.20 Å². The van der Waals surface area contributed by atoms with E-state index < -0.39 is 0 Å². The Balaban J connectivity index is 1.70. The molecule has 0 bridgehead atoms. The molecule has 3 rings (SSSR count). The van der Waals surface area contributed by atoms with E-state index in [1.54, 1.807) is 0 Å². The second-order valence-electron chi connectivity index (χ2n) is 5.75. The topological polar surface area (TPSA) is 48.0 Å². The molecule has 1 aromatic carbocycles. The lowest BCUT2D eigenvalue weighted by molar-refractivity contribution is 0.119. The number of hydrogen-bond donors (Lipinski definition) is 3. The summed E-state index contributed by atoms with van der Waals surface area (Å²) in [5, 5.41) is 14.5. The van der Waals surface area contributed by atoms with Crippen LogP contribution in [-0.2, 0) is 6.54 Å². The molecule has 0 radical (unpaired) electrons. The average Bonchev–Trinajstić information content (AvgIpc) is 2.93. The minimum absolute atomic E-state index is 0.0502. The Morgan fingerprint density at radius 2 is 2.00 bits per heavy atom. The van der Waals surface area contributed by atoms with Crippen molar-refractivity contribution >= 4 is 10.9 Å². The molecule has 0 amide bonds. The molecular formula is C16H22N2O. The number of benzene rings is 1. The standard InChI is InChI=1S/C16H22N2O/c19-12-16(7-2-1-3-8-16)18-11-13-4-5-15-14(10-13)6-9-17-15/h4-6,9-10,17-19H,1-3,7-8,11-12H2. The van der Waals surface area contributed by atoms with Gasteiger partial charge in [-0.3, -0.25) is 0 Å². The van der Waals surface area contributed by atoms with Crippen LogP contribution >= 0.6 is 0 Å². The molecule has 3 N–H and O–H groups in total. The second-order valence-corrected chi connectivity index (χ2v) is 5.75. The van der Waals surface area contributed by atoms with Gasteiger partial charge in [-0.2, -0.15) is 0 Å². The molecular weight excluding hydrogens is 236 g/mol. The number of H-pyrrole nitrogens is 1. The zero-order valence-corrected chi connectivity index (χ0v) is 11.3. The van der Waals surface area contributed by atoms with E-state index in [2.05, 4.69) is 34.6 Å². The first-order valence-electron chi connectivity index (χ1n) is 7.23. The SMILES string of the molecule is OCC1(NCc2ccc3[nH]ccc3c2)CCCCC1. The van der Waals surface area contributed by atoms with Gasteiger partial charge in [0.2, 0.25) is 0 Å². The lowest BCUT2D eigenvalue weighted by Crippen LogP contribution is -2.49. The lowest BCUT2D eigenvalue weighted by atomic mass is 9.82. The zero-order chi connectivity index (χ0) is 13.1. The van der Waals surface area contributed by atoms with Crippen molar-refractivity contribution in [2.24, 2.45) is 0 Å². The molecule has 1 aromatic heterocycles. The van der Waals surface area contributed by atoms with Crippen molar-refractivity contribution in [1.29, 1.82) is 0 Å². The highest BCUT2D eigenvalue weighted by Crippen LogP contribution is 2.28. The number of hydrogen-bond acceptors (Lipinski definition) is 2. The number of rotatable bonds is 4. The molecule has 0 aliphatic heterocycles. The Morgan fingerprint density at radius 3 is 2.79 bits per heavy atom. The van der Waals surface area contributed by atoms with Gasteiger partial charge in [-0.25, -0.2) is 0 Å². The minimum Gasteiger partial charge on any atom is -0.394 e. The molecule has 102 valence electrons. The van der Waals surface area contributed by atoms with Crippen molar-refractivity contribution in [3.05, 3.63) is 36.0 Å². The van der Waals surface area contributed by atoms with E-state index >= 15 is 0 Å². The Bertz CT molecular complexity index is 540. The maximum Gasteiger partial charge on any atom is 0.0613 e. The van der Waals surface area contributed by atoms with Crippen LogP contribution in [0.25, 0.3) is 10.9 Å². The van der Waals surface area contributed by atoms with Crippen molar-refractivity contribution in [3.8, 4) is 0 Å². The lowest BCUT2D eigenvalue weighted by Gasteiger charge is -2.36. The third-order valence-electron chi connectivity index (χ3n) is 4.40. The Hall–Kier alpha value is -1.32. The summed E-state index contributed by atoms with van der Waals surface area (Å²) in [6, 6.07) is 8.59. The highest BCUT2D eigenvalue weighted by atomic mass is 16.3. The summed E-state index contributed by atoms with van der Waals surface area (Å²) in [5.74, 6) is 0. The first-order chi connectivity index (χ1) is 9.31. The highest BCUT2D eigenvalue weighted by Gasteiger charge is 2.30. The van der Waals surface area contributed by atoms with Crippen LogP contribution < -0.4 is 5.32 Å². The molecule has 3 heteroatoms. The average molecular weight is 258 g/mol. The van der Waals surface area contributed by atoms with Crippen LogP contribution in [-0.4, -0.2) is 22.2 Å². The fourth-order valence-electron chi connectivity index (χ4n) is 3.12. The molecule has 1 aliphatic rings. The van der Waals surface area contributed by atoms with Gasteiger partial charge < -0.3 is 15.4 Å². The summed E-state index contributed by atoms with van der Waals surface area (Å²) >= 11 is 0. The van der Waals surface area contributed by atoms with Crippen LogP contribution in [0.5, 0.6) is 0 Å². The summed E-state index contributed by atoms with van der Waals surface area (Å²) in [6.07, 6.45) is 7.91. The fraction of sp³-hybridized carbons (Fsp3) is 0.500. The molecule has 19 heavy (non-hydrogen) atoms. The van der Waals surface area contributed by atoms with Crippen LogP contribution in [0.15, 0.2) is 30.5 Å². The Morgan fingerprint density at radius 1 is 1.16 bits per heavy atom. The van der Waals surface area contributed by atoms with Crippen molar-refractivity contribution < 1.29 is 5.11 Å². The first kappa shape index (κ1) is 12.7. The van der Waals surface area contributed by atoms with E-state index in [4.69, 9.17) is 0 Å². The third kappa shape index (κ3) is 2.67. The number of fused-ring (bicyclic) bond motifs is 1. The number of aromatic nitrogens is 1. The van der Waals surface area contributed by atoms with Gasteiger partial charge in [0.05, 0.1) is 6.61 Å². The van der Waals surface area contributed by atoms with Gasteiger partial charge in [-0.1, -0.05) is 25.3 Å². The fourth-order valence-corrected chi connectivity index (χ4v) is 3.12. The van der Waals surface area contributed by atoms with Gasteiger partial charge in [-0.15, -0.1) is 0 Å². The van der Waals surface area contributed by atoms with Gasteiger partial charge in [0, 0.05) is 23.8 Å². The Labute approximate surface area is 114 Å². The molecule has 0 spiro atoms. The predicted octanol–water partition coefficient (Wildman–Crippen LogP) is 2.95. The maximum absolute atomic E-state index is 9.69. The zero-order valence-electron chi connectivity index (χ0n) is 11.3. The van der Waals surface area contributed by atoms with Crippen molar-refractivity contribution in [2.45, 2.75) is 44.2 Å². The van der Waals surface area contributed by atoms with E-state index in [-0.39, 0.29) is 12.1 Å². The summed E-state index contributed by atoms with van der Waals surface area (Å²) in [5.41, 5.74) is 2.41. The van der Waals surface area contributed by atoms with Crippen molar-refractivity contribution in [3.63, 3.8) is 0 Å². The van der Waals surface area contributed by atoms with Crippen LogP contribution in [0.1, 0.15) is 37.7 Å². The quantitative estimate of drug-likeness (QED) is 0.789. The smallest absolute Gasteiger partial charge is 0.0613 e. The molecule has 0 atom stereocenters. The van der Waals surface area contributed by atoms with Gasteiger partial charge in [-0.05, 0) is 42.0 Å². The van der Waals surface area contributed by atoms with Gasteiger partial charge >= 0.3 is 0 Å². The van der Waals surface area contributed by atoms with Crippen LogP contribution in [0.2, 0.25) is 0 Å². The van der Waals surface area contributed by atoms with Gasteiger partial charge in [0.15, 0.2) is 0 Å². The normalized spacial score (nSPS) is 18.8. The van der Waals surface area contributed by atoms with E-state index in [9.17, 15) is 5.11 Å². The molecule has 0 saturated heterocycles. The largest absolute Gasteiger partial charge is 0.394 e. The van der Waals surface area contributed by atoms with Crippen molar-refractivity contribution in [1.82, 2.24) is 10.3 Å². The first-order valence-corrected chi connectivity index (χ1v) is 7.23. The van der Waals surface area contributed by atoms with E-state index in [1.165, 1.54) is 35.7 Å². The Kier molecular flexibility index (Phi) is 3.58. The maximum atomic E-state index is 9.69. The summed E-state index contributed by atoms with van der Waals surface area (Å²) in [7, 11) is 0. The van der Waals surface area contributed by atoms with Crippen LogP contribution in [0.3, 0.4) is 0 Å². The van der Waals surface area contributed by atoms with E-state index in [0.29, 0.717) is 0 Å². The van der Waals surface area contributed by atoms with Gasteiger partial charge in [0.25, 0.3) is 0 Å². The molecule has 0 unspecified atom stereocenters. The second kappa shape index (κ2) is 5.35. The summed E-state index contributed by atoms with van der Waals surface area (Å²) < 4.78 is 0. The highest BCUT2D eigenvalue weighted by molar-refractivity contribution is 5.79. The molecule has 1 saturated carbocycles. The molecule has 2 aromatic rings. The van der Waals surface area contributed by atoms with Crippen LogP contribution in [0, 0.1) is 0 Å².